The SMILES string of the molecule is CCCC(C)c1nc(C(N)C2CC2)no1. The van der Waals surface area contributed by atoms with Gasteiger partial charge >= 0.3 is 0 Å². The molecule has 2 atom stereocenters. The summed E-state index contributed by atoms with van der Waals surface area (Å²) < 4.78 is 5.24. The average Bonchev–Trinajstić information content (AvgIpc) is 2.95. The van der Waals surface area contributed by atoms with Crippen LogP contribution in [0.15, 0.2) is 4.52 Å². The van der Waals surface area contributed by atoms with Crippen molar-refractivity contribution in [2.75, 3.05) is 0 Å². The molecule has 84 valence electrons. The lowest BCUT2D eigenvalue weighted by molar-refractivity contribution is 0.345. The second kappa shape index (κ2) is 4.31. The van der Waals surface area contributed by atoms with E-state index in [0.29, 0.717) is 17.7 Å². The topological polar surface area (TPSA) is 64.9 Å². The Balaban J connectivity index is 2.02. The predicted molar refractivity (Wildman–Crippen MR) is 57.3 cm³/mol. The van der Waals surface area contributed by atoms with E-state index in [1.807, 2.05) is 0 Å². The average molecular weight is 209 g/mol. The predicted octanol–water partition coefficient (Wildman–Crippen LogP) is 2.38. The first-order valence-corrected chi connectivity index (χ1v) is 5.81. The van der Waals surface area contributed by atoms with Gasteiger partial charge in [0.2, 0.25) is 5.89 Å². The van der Waals surface area contributed by atoms with Crippen molar-refractivity contribution in [3.63, 3.8) is 0 Å². The lowest BCUT2D eigenvalue weighted by atomic mass is 10.1. The summed E-state index contributed by atoms with van der Waals surface area (Å²) in [5.41, 5.74) is 6.00. The molecule has 4 heteroatoms. The molecule has 4 nitrogen and oxygen atoms in total. The highest BCUT2D eigenvalue weighted by molar-refractivity contribution is 5.01. The van der Waals surface area contributed by atoms with E-state index in [0.717, 1.165) is 18.7 Å². The molecule has 0 saturated heterocycles. The van der Waals surface area contributed by atoms with Gasteiger partial charge in [0.05, 0.1) is 6.04 Å². The highest BCUT2D eigenvalue weighted by Crippen LogP contribution is 2.38. The Morgan fingerprint density at radius 2 is 2.27 bits per heavy atom. The van der Waals surface area contributed by atoms with E-state index in [9.17, 15) is 0 Å². The van der Waals surface area contributed by atoms with Crippen molar-refractivity contribution in [3.8, 4) is 0 Å². The Morgan fingerprint density at radius 3 is 2.87 bits per heavy atom. The van der Waals surface area contributed by atoms with Gasteiger partial charge in [-0.2, -0.15) is 4.98 Å². The number of aromatic nitrogens is 2. The van der Waals surface area contributed by atoms with E-state index in [1.165, 1.54) is 12.8 Å². The van der Waals surface area contributed by atoms with Crippen LogP contribution in [-0.2, 0) is 0 Å². The minimum absolute atomic E-state index is 0.0173. The number of hydrogen-bond donors (Lipinski definition) is 1. The molecule has 0 aliphatic heterocycles. The van der Waals surface area contributed by atoms with E-state index in [-0.39, 0.29) is 6.04 Å². The zero-order chi connectivity index (χ0) is 10.8. The fourth-order valence-electron chi connectivity index (χ4n) is 1.81. The van der Waals surface area contributed by atoms with Crippen LogP contribution >= 0.6 is 0 Å². The van der Waals surface area contributed by atoms with Gasteiger partial charge in [-0.15, -0.1) is 0 Å². The molecule has 0 amide bonds. The second-order valence-electron chi connectivity index (χ2n) is 4.54. The summed E-state index contributed by atoms with van der Waals surface area (Å²) in [4.78, 5) is 4.39. The Labute approximate surface area is 90.2 Å². The molecule has 0 bridgehead atoms. The van der Waals surface area contributed by atoms with E-state index < -0.39 is 0 Å². The van der Waals surface area contributed by atoms with Gasteiger partial charge in [0.15, 0.2) is 5.82 Å². The fraction of sp³-hybridized carbons (Fsp3) is 0.818. The third-order valence-electron chi connectivity index (χ3n) is 3.03. The third kappa shape index (κ3) is 2.37. The molecule has 1 fully saturated rings. The maximum absolute atomic E-state index is 6.00. The highest BCUT2D eigenvalue weighted by Gasteiger charge is 2.32. The molecule has 15 heavy (non-hydrogen) atoms. The first-order valence-electron chi connectivity index (χ1n) is 5.81. The molecule has 1 aliphatic rings. The van der Waals surface area contributed by atoms with Gasteiger partial charge in [-0.1, -0.05) is 25.4 Å². The third-order valence-corrected chi connectivity index (χ3v) is 3.03. The van der Waals surface area contributed by atoms with Crippen molar-refractivity contribution in [2.24, 2.45) is 11.7 Å². The summed E-state index contributed by atoms with van der Waals surface area (Å²) in [7, 11) is 0. The van der Waals surface area contributed by atoms with E-state index >= 15 is 0 Å². The van der Waals surface area contributed by atoms with Crippen LogP contribution in [0, 0.1) is 5.92 Å². The van der Waals surface area contributed by atoms with Crippen LogP contribution in [0.25, 0.3) is 0 Å². The Bertz CT molecular complexity index is 319. The van der Waals surface area contributed by atoms with E-state index in [1.54, 1.807) is 0 Å². The zero-order valence-corrected chi connectivity index (χ0v) is 9.44. The summed E-state index contributed by atoms with van der Waals surface area (Å²) in [5, 5.41) is 3.97. The summed E-state index contributed by atoms with van der Waals surface area (Å²) in [6.45, 7) is 4.27. The van der Waals surface area contributed by atoms with Gasteiger partial charge in [0, 0.05) is 5.92 Å². The summed E-state index contributed by atoms with van der Waals surface area (Å²) >= 11 is 0. The van der Waals surface area contributed by atoms with Crippen LogP contribution in [0.1, 0.15) is 63.2 Å². The monoisotopic (exact) mass is 209 g/mol. The largest absolute Gasteiger partial charge is 0.339 e. The van der Waals surface area contributed by atoms with Crippen molar-refractivity contribution in [1.82, 2.24) is 10.1 Å². The zero-order valence-electron chi connectivity index (χ0n) is 9.44. The van der Waals surface area contributed by atoms with Crippen LogP contribution in [0.2, 0.25) is 0 Å². The first-order chi connectivity index (χ1) is 7.22. The molecule has 2 rings (SSSR count). The van der Waals surface area contributed by atoms with Gasteiger partial charge < -0.3 is 10.3 Å². The Kier molecular flexibility index (Phi) is 3.05. The lowest BCUT2D eigenvalue weighted by Crippen LogP contribution is -2.14. The number of nitrogens with zero attached hydrogens (tertiary/aromatic N) is 2. The minimum atomic E-state index is -0.0173. The molecular weight excluding hydrogens is 190 g/mol. The number of nitrogens with two attached hydrogens (primary N) is 1. The van der Waals surface area contributed by atoms with Crippen molar-refractivity contribution in [1.29, 1.82) is 0 Å². The highest BCUT2D eigenvalue weighted by atomic mass is 16.5. The molecule has 1 heterocycles. The first kappa shape index (κ1) is 10.6. The maximum atomic E-state index is 6.00. The second-order valence-corrected chi connectivity index (χ2v) is 4.54. The van der Waals surface area contributed by atoms with Gasteiger partial charge in [0.1, 0.15) is 0 Å². The number of hydrogen-bond acceptors (Lipinski definition) is 4. The van der Waals surface area contributed by atoms with Crippen LogP contribution in [0.4, 0.5) is 0 Å². The van der Waals surface area contributed by atoms with Crippen LogP contribution in [-0.4, -0.2) is 10.1 Å². The van der Waals surface area contributed by atoms with E-state index in [2.05, 4.69) is 24.0 Å². The lowest BCUT2D eigenvalue weighted by Gasteiger charge is -2.03. The molecule has 0 spiro atoms. The summed E-state index contributed by atoms with van der Waals surface area (Å²) in [5.74, 6) is 2.36. The molecular formula is C11H19N3O. The quantitative estimate of drug-likeness (QED) is 0.808. The van der Waals surface area contributed by atoms with Gasteiger partial charge in [0.25, 0.3) is 0 Å². The fourth-order valence-corrected chi connectivity index (χ4v) is 1.81. The Morgan fingerprint density at radius 1 is 1.53 bits per heavy atom. The minimum Gasteiger partial charge on any atom is -0.339 e. The van der Waals surface area contributed by atoms with Crippen molar-refractivity contribution in [2.45, 2.75) is 51.5 Å². The molecule has 1 saturated carbocycles. The smallest absolute Gasteiger partial charge is 0.229 e. The normalized spacial score (nSPS) is 20.2. The molecule has 0 aromatic carbocycles. The summed E-state index contributed by atoms with van der Waals surface area (Å²) in [6.07, 6.45) is 4.62. The molecule has 0 radical (unpaired) electrons. The van der Waals surface area contributed by atoms with Crippen LogP contribution < -0.4 is 5.73 Å². The molecule has 2 N–H and O–H groups in total. The molecule has 2 unspecified atom stereocenters. The van der Waals surface area contributed by atoms with Gasteiger partial charge in [-0.3, -0.25) is 0 Å². The standard InChI is InChI=1S/C11H19N3O/c1-3-4-7(2)11-13-10(14-15-11)9(12)8-5-6-8/h7-9H,3-6,12H2,1-2H3. The molecule has 1 aromatic heterocycles. The van der Waals surface area contributed by atoms with Crippen LogP contribution in [0.3, 0.4) is 0 Å². The molecule has 1 aliphatic carbocycles. The maximum Gasteiger partial charge on any atom is 0.229 e. The van der Waals surface area contributed by atoms with E-state index in [4.69, 9.17) is 10.3 Å². The van der Waals surface area contributed by atoms with Crippen molar-refractivity contribution in [3.05, 3.63) is 11.7 Å². The summed E-state index contributed by atoms with van der Waals surface area (Å²) in [6, 6.07) is -0.0173. The van der Waals surface area contributed by atoms with Gasteiger partial charge in [-0.05, 0) is 25.2 Å². The van der Waals surface area contributed by atoms with Crippen LogP contribution in [0.5, 0.6) is 0 Å². The number of rotatable bonds is 5. The Hall–Kier alpha value is -0.900. The van der Waals surface area contributed by atoms with Crippen molar-refractivity contribution >= 4 is 0 Å². The van der Waals surface area contributed by atoms with Crippen molar-refractivity contribution < 1.29 is 4.52 Å². The molecule has 1 aromatic rings. The van der Waals surface area contributed by atoms with Gasteiger partial charge in [-0.25, -0.2) is 0 Å².